The number of morpholine rings is 1. The maximum absolute atomic E-state index is 13.4. The van der Waals surface area contributed by atoms with E-state index in [1.165, 1.54) is 11.3 Å². The number of ketones is 1. The van der Waals surface area contributed by atoms with E-state index >= 15 is 0 Å². The highest BCUT2D eigenvalue weighted by Gasteiger charge is 2.35. The van der Waals surface area contributed by atoms with Crippen molar-refractivity contribution in [3.8, 4) is 21.8 Å². The van der Waals surface area contributed by atoms with Gasteiger partial charge in [0, 0.05) is 18.7 Å². The van der Waals surface area contributed by atoms with Crippen LogP contribution in [0.4, 0.5) is 10.5 Å². The Bertz CT molecular complexity index is 1240. The standard InChI is InChI=1S/C22H21N5O5S/c1-2-31-21(29)14-7-6-13(33-14)19-17-18(26-27-19)11-4-3-5-12(16(11)20(17)28)24-22(30)25-15-10-23-8-9-32-15/h3-7,15,23H,2,8-10H2,1H3,(H,26,27)(H2,24,25,30). The topological polar surface area (TPSA) is 134 Å². The van der Waals surface area contributed by atoms with E-state index in [0.29, 0.717) is 56.7 Å². The molecule has 33 heavy (non-hydrogen) atoms. The number of benzene rings is 1. The minimum Gasteiger partial charge on any atom is -0.462 e. The van der Waals surface area contributed by atoms with E-state index in [-0.39, 0.29) is 12.4 Å². The number of nitrogens with zero attached hydrogens (tertiary/aromatic N) is 1. The van der Waals surface area contributed by atoms with Crippen LogP contribution in [-0.2, 0) is 9.47 Å². The van der Waals surface area contributed by atoms with Gasteiger partial charge >= 0.3 is 12.0 Å². The number of thiophene rings is 1. The molecule has 1 fully saturated rings. The second kappa shape index (κ2) is 8.77. The van der Waals surface area contributed by atoms with Crippen molar-refractivity contribution in [1.82, 2.24) is 20.8 Å². The third-order valence-corrected chi connectivity index (χ3v) is 6.42. The predicted molar refractivity (Wildman–Crippen MR) is 121 cm³/mol. The zero-order valence-electron chi connectivity index (χ0n) is 17.7. The fourth-order valence-electron chi connectivity index (χ4n) is 3.91. The van der Waals surface area contributed by atoms with E-state index < -0.39 is 18.2 Å². The van der Waals surface area contributed by atoms with Gasteiger partial charge in [0.2, 0.25) is 0 Å². The number of carbonyl (C=O) groups excluding carboxylic acids is 3. The lowest BCUT2D eigenvalue weighted by molar-refractivity contribution is 0.0156. The molecule has 0 radical (unpaired) electrons. The number of carbonyl (C=O) groups is 3. The van der Waals surface area contributed by atoms with E-state index in [9.17, 15) is 14.4 Å². The van der Waals surface area contributed by atoms with Crippen LogP contribution in [0.5, 0.6) is 0 Å². The van der Waals surface area contributed by atoms with Crippen LogP contribution in [0.3, 0.4) is 0 Å². The van der Waals surface area contributed by atoms with E-state index in [1.807, 2.05) is 0 Å². The normalized spacial score (nSPS) is 16.8. The highest BCUT2D eigenvalue weighted by atomic mass is 32.1. The van der Waals surface area contributed by atoms with Gasteiger partial charge in [-0.15, -0.1) is 11.3 Å². The number of urea groups is 1. The summed E-state index contributed by atoms with van der Waals surface area (Å²) in [5.74, 6) is -0.657. The molecule has 10 nitrogen and oxygen atoms in total. The first kappa shape index (κ1) is 21.3. The highest BCUT2D eigenvalue weighted by Crippen LogP contribution is 2.44. The highest BCUT2D eigenvalue weighted by molar-refractivity contribution is 7.17. The zero-order valence-corrected chi connectivity index (χ0v) is 18.5. The Balaban J connectivity index is 1.41. The Kier molecular flexibility index (Phi) is 5.67. The third kappa shape index (κ3) is 3.90. The van der Waals surface area contributed by atoms with Crippen LogP contribution in [-0.4, -0.2) is 60.5 Å². The van der Waals surface area contributed by atoms with Crippen LogP contribution in [0.1, 0.15) is 32.5 Å². The molecular weight excluding hydrogens is 446 g/mol. The Hall–Kier alpha value is -3.54. The first-order valence-corrected chi connectivity index (χ1v) is 11.3. The van der Waals surface area contributed by atoms with Gasteiger partial charge in [-0.05, 0) is 25.1 Å². The van der Waals surface area contributed by atoms with Crippen molar-refractivity contribution in [2.45, 2.75) is 13.2 Å². The maximum Gasteiger partial charge on any atom is 0.348 e. The molecule has 1 unspecified atom stereocenters. The molecule has 11 heteroatoms. The molecule has 0 spiro atoms. The molecule has 0 saturated carbocycles. The number of ether oxygens (including phenoxy) is 2. The summed E-state index contributed by atoms with van der Waals surface area (Å²) in [6, 6.07) is 8.18. The summed E-state index contributed by atoms with van der Waals surface area (Å²) in [6.45, 7) is 3.78. The Morgan fingerprint density at radius 1 is 1.27 bits per heavy atom. The second-order valence-corrected chi connectivity index (χ2v) is 8.51. The average molecular weight is 468 g/mol. The van der Waals surface area contributed by atoms with Gasteiger partial charge in [-0.3, -0.25) is 9.89 Å². The van der Waals surface area contributed by atoms with Crippen LogP contribution in [0.2, 0.25) is 0 Å². The minimum absolute atomic E-state index is 0.249. The van der Waals surface area contributed by atoms with Crippen molar-refractivity contribution in [2.24, 2.45) is 0 Å². The molecule has 5 rings (SSSR count). The summed E-state index contributed by atoms with van der Waals surface area (Å²) in [6.07, 6.45) is -0.444. The largest absolute Gasteiger partial charge is 0.462 e. The molecule has 2 aliphatic rings. The summed E-state index contributed by atoms with van der Waals surface area (Å²) < 4.78 is 10.5. The molecule has 1 aliphatic heterocycles. The van der Waals surface area contributed by atoms with Gasteiger partial charge in [-0.2, -0.15) is 5.10 Å². The lowest BCUT2D eigenvalue weighted by atomic mass is 10.1. The molecule has 1 aliphatic carbocycles. The summed E-state index contributed by atoms with van der Waals surface area (Å²) in [5, 5.41) is 15.9. The number of rotatable bonds is 5. The van der Waals surface area contributed by atoms with Gasteiger partial charge in [0.25, 0.3) is 0 Å². The van der Waals surface area contributed by atoms with Gasteiger partial charge < -0.3 is 25.4 Å². The molecule has 170 valence electrons. The van der Waals surface area contributed by atoms with Crippen molar-refractivity contribution >= 4 is 34.8 Å². The molecule has 2 amide bonds. The van der Waals surface area contributed by atoms with Crippen LogP contribution >= 0.6 is 11.3 Å². The van der Waals surface area contributed by atoms with Gasteiger partial charge in [0.15, 0.2) is 5.78 Å². The van der Waals surface area contributed by atoms with Crippen molar-refractivity contribution in [3.63, 3.8) is 0 Å². The van der Waals surface area contributed by atoms with E-state index in [4.69, 9.17) is 9.47 Å². The number of H-pyrrole nitrogens is 1. The molecular formula is C22H21N5O5S. The third-order valence-electron chi connectivity index (χ3n) is 5.34. The molecule has 1 aromatic carbocycles. The molecule has 1 saturated heterocycles. The summed E-state index contributed by atoms with van der Waals surface area (Å²) in [5.41, 5.74) is 2.86. The van der Waals surface area contributed by atoms with E-state index in [1.54, 1.807) is 37.3 Å². The smallest absolute Gasteiger partial charge is 0.348 e. The Morgan fingerprint density at radius 3 is 2.94 bits per heavy atom. The van der Waals surface area contributed by atoms with Gasteiger partial charge in [0.05, 0.1) is 40.6 Å². The fraction of sp³-hybridized carbons (Fsp3) is 0.273. The molecule has 3 heterocycles. The minimum atomic E-state index is -0.464. The van der Waals surface area contributed by atoms with Crippen LogP contribution in [0, 0.1) is 0 Å². The second-order valence-electron chi connectivity index (χ2n) is 7.43. The number of nitrogens with one attached hydrogen (secondary N) is 4. The van der Waals surface area contributed by atoms with Crippen LogP contribution in [0.25, 0.3) is 21.8 Å². The number of hydrogen-bond donors (Lipinski definition) is 4. The summed E-state index contributed by atoms with van der Waals surface area (Å²) >= 11 is 1.22. The zero-order chi connectivity index (χ0) is 22.9. The Morgan fingerprint density at radius 2 is 2.15 bits per heavy atom. The number of aromatic amines is 1. The maximum atomic E-state index is 13.4. The number of anilines is 1. The van der Waals surface area contributed by atoms with Crippen molar-refractivity contribution in [2.75, 3.05) is 31.6 Å². The lowest BCUT2D eigenvalue weighted by Crippen LogP contribution is -2.50. The van der Waals surface area contributed by atoms with Crippen molar-refractivity contribution in [1.29, 1.82) is 0 Å². The number of fused-ring (bicyclic) bond motifs is 3. The van der Waals surface area contributed by atoms with Crippen molar-refractivity contribution < 1.29 is 23.9 Å². The molecule has 0 bridgehead atoms. The lowest BCUT2D eigenvalue weighted by Gasteiger charge is -2.24. The van der Waals surface area contributed by atoms with Crippen LogP contribution < -0.4 is 16.0 Å². The molecule has 4 N–H and O–H groups in total. The SMILES string of the molecule is CCOC(=O)c1ccc(-c2[nH]nc3c2C(=O)c2c(NC(=O)NC4CNCCO4)cccc2-3)s1. The molecule has 2 aromatic heterocycles. The van der Waals surface area contributed by atoms with E-state index in [2.05, 4.69) is 26.1 Å². The fourth-order valence-corrected chi connectivity index (χ4v) is 4.81. The van der Waals surface area contributed by atoms with Crippen molar-refractivity contribution in [3.05, 3.63) is 46.3 Å². The Labute approximate surface area is 192 Å². The molecule has 3 aromatic rings. The predicted octanol–water partition coefficient (Wildman–Crippen LogP) is 2.59. The monoisotopic (exact) mass is 467 g/mol. The molecule has 1 atom stereocenters. The first-order chi connectivity index (χ1) is 16.1. The quantitative estimate of drug-likeness (QED) is 0.331. The van der Waals surface area contributed by atoms with Gasteiger partial charge in [-0.1, -0.05) is 12.1 Å². The van der Waals surface area contributed by atoms with E-state index in [0.717, 1.165) is 6.54 Å². The van der Waals surface area contributed by atoms with Gasteiger partial charge in [0.1, 0.15) is 16.8 Å². The first-order valence-electron chi connectivity index (χ1n) is 10.5. The number of amides is 2. The van der Waals surface area contributed by atoms with Crippen LogP contribution in [0.15, 0.2) is 30.3 Å². The average Bonchev–Trinajstić information content (AvgIpc) is 3.52. The number of hydrogen-bond acceptors (Lipinski definition) is 8. The number of esters is 1. The van der Waals surface area contributed by atoms with Gasteiger partial charge in [-0.25, -0.2) is 9.59 Å². The summed E-state index contributed by atoms with van der Waals surface area (Å²) in [4.78, 5) is 39.1. The number of aromatic nitrogens is 2. The summed E-state index contributed by atoms with van der Waals surface area (Å²) in [7, 11) is 0.